The maximum atomic E-state index is 12.9. The summed E-state index contributed by atoms with van der Waals surface area (Å²) in [5, 5.41) is 0. The van der Waals surface area contributed by atoms with Crippen molar-refractivity contribution in [3.63, 3.8) is 0 Å². The quantitative estimate of drug-likeness (QED) is 0.0199. The Labute approximate surface area is 426 Å². The van der Waals surface area contributed by atoms with Gasteiger partial charge in [-0.15, -0.1) is 0 Å². The molecule has 0 amide bonds. The molecule has 0 aliphatic carbocycles. The third-order valence-electron chi connectivity index (χ3n) is 12.1. The molecule has 0 aliphatic rings. The summed E-state index contributed by atoms with van der Waals surface area (Å²) in [6.45, 7) is 6.37. The summed E-state index contributed by atoms with van der Waals surface area (Å²) in [5.74, 6) is -0.929. The van der Waals surface area contributed by atoms with Crippen LogP contribution in [-0.2, 0) is 28.6 Å². The van der Waals surface area contributed by atoms with Gasteiger partial charge in [0.25, 0.3) is 0 Å². The van der Waals surface area contributed by atoms with E-state index in [1.165, 1.54) is 103 Å². The van der Waals surface area contributed by atoms with Crippen molar-refractivity contribution in [2.45, 2.75) is 271 Å². The lowest BCUT2D eigenvalue weighted by atomic mass is 10.1. The van der Waals surface area contributed by atoms with E-state index in [2.05, 4.69) is 118 Å². The maximum Gasteiger partial charge on any atom is 0.306 e. The molecule has 0 fully saturated rings. The molecule has 6 heteroatoms. The first kappa shape index (κ1) is 65.3. The van der Waals surface area contributed by atoms with Crippen LogP contribution < -0.4 is 0 Å². The lowest BCUT2D eigenvalue weighted by molar-refractivity contribution is -0.167. The van der Waals surface area contributed by atoms with Gasteiger partial charge in [0.15, 0.2) is 6.10 Å². The molecule has 1 atom stereocenters. The second-order valence-electron chi connectivity index (χ2n) is 18.8. The van der Waals surface area contributed by atoms with E-state index >= 15 is 0 Å². The number of rotatable bonds is 51. The van der Waals surface area contributed by atoms with Crippen molar-refractivity contribution in [2.75, 3.05) is 13.2 Å². The summed E-state index contributed by atoms with van der Waals surface area (Å²) in [5.41, 5.74) is 0. The number of ether oxygens (including phenoxy) is 3. The van der Waals surface area contributed by atoms with Gasteiger partial charge in [0.05, 0.1) is 0 Å². The molecule has 0 aromatic carbocycles. The van der Waals surface area contributed by atoms with Crippen molar-refractivity contribution >= 4 is 17.9 Å². The van der Waals surface area contributed by atoms with Crippen LogP contribution in [0.3, 0.4) is 0 Å². The Morgan fingerprint density at radius 3 is 1.06 bits per heavy atom. The molecule has 6 nitrogen and oxygen atoms in total. The summed E-state index contributed by atoms with van der Waals surface area (Å²) >= 11 is 0. The maximum absolute atomic E-state index is 12.9. The minimum Gasteiger partial charge on any atom is -0.462 e. The zero-order chi connectivity index (χ0) is 50.0. The van der Waals surface area contributed by atoms with Gasteiger partial charge in [-0.25, -0.2) is 0 Å². The van der Waals surface area contributed by atoms with E-state index in [0.717, 1.165) is 122 Å². The van der Waals surface area contributed by atoms with Crippen LogP contribution in [0.4, 0.5) is 0 Å². The molecular weight excluding hydrogens is 853 g/mol. The molecule has 69 heavy (non-hydrogen) atoms. The van der Waals surface area contributed by atoms with Crippen LogP contribution in [0.5, 0.6) is 0 Å². The minimum absolute atomic E-state index is 0.0940. The summed E-state index contributed by atoms with van der Waals surface area (Å²) < 4.78 is 16.8. The molecule has 0 saturated heterocycles. The Balaban J connectivity index is 4.42. The fraction of sp³-hybridized carbons (Fsp3) is 0.698. The molecule has 0 saturated carbocycles. The van der Waals surface area contributed by atoms with E-state index in [0.29, 0.717) is 19.3 Å². The van der Waals surface area contributed by atoms with Gasteiger partial charge in [0.2, 0.25) is 0 Å². The fourth-order valence-electron chi connectivity index (χ4n) is 7.84. The molecule has 0 aliphatic heterocycles. The van der Waals surface area contributed by atoms with Gasteiger partial charge in [-0.3, -0.25) is 14.4 Å². The molecule has 0 bridgehead atoms. The number of unbranched alkanes of at least 4 members (excludes halogenated alkanes) is 26. The molecule has 0 rings (SSSR count). The number of esters is 3. The second-order valence-corrected chi connectivity index (χ2v) is 18.8. The topological polar surface area (TPSA) is 78.9 Å². The van der Waals surface area contributed by atoms with Crippen molar-refractivity contribution in [3.8, 4) is 0 Å². The van der Waals surface area contributed by atoms with Crippen LogP contribution >= 0.6 is 0 Å². The first-order chi connectivity index (χ1) is 34.0. The number of carbonyl (C=O) groups excluding carboxylic acids is 3. The highest BCUT2D eigenvalue weighted by molar-refractivity contribution is 5.71. The second kappa shape index (κ2) is 56.9. The highest BCUT2D eigenvalue weighted by Crippen LogP contribution is 2.15. The number of carbonyl (C=O) groups is 3. The van der Waals surface area contributed by atoms with Gasteiger partial charge < -0.3 is 14.2 Å². The van der Waals surface area contributed by atoms with Crippen molar-refractivity contribution in [3.05, 3.63) is 97.2 Å². The SMILES string of the molecule is CC\C=C/C=C\C=C/CCCCCCCC(=O)OCC(COC(=O)CCCCCCCC/C=C\C/C=C\C/C=C\C/C=C\CC)OC(=O)CCCCCCCCC/C=C\CCCCCCCCCC. The van der Waals surface area contributed by atoms with Crippen LogP contribution in [0, 0.1) is 0 Å². The zero-order valence-corrected chi connectivity index (χ0v) is 45.0. The Hall–Kier alpha value is -3.67. The Kier molecular flexibility index (Phi) is 53.9. The zero-order valence-electron chi connectivity index (χ0n) is 45.0. The summed E-state index contributed by atoms with van der Waals surface area (Å²) in [6.07, 6.45) is 75.4. The molecule has 0 aromatic rings. The van der Waals surface area contributed by atoms with E-state index in [1.54, 1.807) is 0 Å². The number of hydrogen-bond donors (Lipinski definition) is 0. The van der Waals surface area contributed by atoms with E-state index < -0.39 is 6.10 Å². The van der Waals surface area contributed by atoms with Gasteiger partial charge >= 0.3 is 17.9 Å². The average Bonchev–Trinajstić information content (AvgIpc) is 3.35. The van der Waals surface area contributed by atoms with E-state index in [4.69, 9.17) is 14.2 Å². The molecular formula is C63H106O6. The van der Waals surface area contributed by atoms with Crippen LogP contribution in [0.25, 0.3) is 0 Å². The predicted octanol–water partition coefficient (Wildman–Crippen LogP) is 19.3. The smallest absolute Gasteiger partial charge is 0.306 e. The summed E-state index contributed by atoms with van der Waals surface area (Å²) in [7, 11) is 0. The highest BCUT2D eigenvalue weighted by Gasteiger charge is 2.19. The predicted molar refractivity (Wildman–Crippen MR) is 297 cm³/mol. The lowest BCUT2D eigenvalue weighted by Gasteiger charge is -2.18. The van der Waals surface area contributed by atoms with Gasteiger partial charge in [-0.05, 0) is 103 Å². The molecule has 0 aromatic heterocycles. The summed E-state index contributed by atoms with van der Waals surface area (Å²) in [4.78, 5) is 38.2. The fourth-order valence-corrected chi connectivity index (χ4v) is 7.84. The average molecular weight is 960 g/mol. The van der Waals surface area contributed by atoms with Crippen LogP contribution in [-0.4, -0.2) is 37.2 Å². The third-order valence-corrected chi connectivity index (χ3v) is 12.1. The van der Waals surface area contributed by atoms with E-state index in [9.17, 15) is 14.4 Å². The van der Waals surface area contributed by atoms with Gasteiger partial charge in [-0.2, -0.15) is 0 Å². The Morgan fingerprint density at radius 2 is 0.638 bits per heavy atom. The molecule has 0 radical (unpaired) electrons. The van der Waals surface area contributed by atoms with E-state index in [1.807, 2.05) is 0 Å². The van der Waals surface area contributed by atoms with Crippen molar-refractivity contribution in [2.24, 2.45) is 0 Å². The number of hydrogen-bond acceptors (Lipinski definition) is 6. The van der Waals surface area contributed by atoms with Gasteiger partial charge in [0.1, 0.15) is 13.2 Å². The van der Waals surface area contributed by atoms with E-state index in [-0.39, 0.29) is 31.1 Å². The molecule has 394 valence electrons. The van der Waals surface area contributed by atoms with Crippen molar-refractivity contribution in [1.82, 2.24) is 0 Å². The first-order valence-electron chi connectivity index (χ1n) is 28.8. The van der Waals surface area contributed by atoms with Crippen LogP contribution in [0.1, 0.15) is 265 Å². The Morgan fingerprint density at radius 1 is 0.319 bits per heavy atom. The minimum atomic E-state index is -0.796. The number of allylic oxidation sites excluding steroid dienone is 16. The van der Waals surface area contributed by atoms with Crippen molar-refractivity contribution < 1.29 is 28.6 Å². The van der Waals surface area contributed by atoms with Gasteiger partial charge in [0, 0.05) is 19.3 Å². The first-order valence-corrected chi connectivity index (χ1v) is 28.8. The Bertz CT molecular complexity index is 1380. The van der Waals surface area contributed by atoms with Crippen LogP contribution in [0.15, 0.2) is 97.2 Å². The highest BCUT2D eigenvalue weighted by atomic mass is 16.6. The monoisotopic (exact) mass is 959 g/mol. The standard InChI is InChI=1S/C63H106O6/c1-4-7-10-13-16-19-22-25-27-29-31-33-35-38-41-44-47-50-53-56-62(65)68-59-60(58-67-61(64)55-52-49-46-43-40-37-24-21-18-15-12-9-6-3)69-63(66)57-54-51-48-45-42-39-36-34-32-30-28-26-23-20-17-14-11-8-5-2/h7,9-10,12,15-16,18-19,21,24-25,27,30-33,60H,4-6,8,11,13-14,17,20,22-23,26,28-29,34-59H2,1-3H3/b10-7-,12-9-,18-15-,19-16-,24-21-,27-25-,32-30-,33-31-. The molecule has 0 N–H and O–H groups in total. The van der Waals surface area contributed by atoms with Gasteiger partial charge in [-0.1, -0.05) is 240 Å². The molecule has 1 unspecified atom stereocenters. The molecule has 0 heterocycles. The normalized spacial score (nSPS) is 12.8. The van der Waals surface area contributed by atoms with Crippen molar-refractivity contribution in [1.29, 1.82) is 0 Å². The molecule has 0 spiro atoms. The lowest BCUT2D eigenvalue weighted by Crippen LogP contribution is -2.30. The van der Waals surface area contributed by atoms with Crippen LogP contribution in [0.2, 0.25) is 0 Å². The largest absolute Gasteiger partial charge is 0.462 e. The summed E-state index contributed by atoms with van der Waals surface area (Å²) in [6, 6.07) is 0. The third kappa shape index (κ3) is 55.1.